The second kappa shape index (κ2) is 11.0. The second-order valence-electron chi connectivity index (χ2n) is 4.33. The zero-order valence-electron chi connectivity index (χ0n) is 10.8. The van der Waals surface area contributed by atoms with E-state index >= 15 is 0 Å². The number of hydrogen-bond donors (Lipinski definition) is 2. The summed E-state index contributed by atoms with van der Waals surface area (Å²) in [6.07, 6.45) is 6.47. The third-order valence-electron chi connectivity index (χ3n) is 2.84. The van der Waals surface area contributed by atoms with Crippen LogP contribution >= 0.6 is 0 Å². The lowest BCUT2D eigenvalue weighted by Gasteiger charge is -2.11. The molecule has 18 heavy (non-hydrogen) atoms. The van der Waals surface area contributed by atoms with Crippen LogP contribution < -0.4 is 0 Å². The number of rotatable bonds is 10. The topological polar surface area (TPSA) is 93.1 Å². The molecule has 0 heterocycles. The molecule has 1 atom stereocenters. The van der Waals surface area contributed by atoms with Gasteiger partial charge in [0.25, 0.3) is 0 Å². The highest BCUT2D eigenvalue weighted by atomic mass is 17.1. The highest BCUT2D eigenvalue weighted by Crippen LogP contribution is 2.17. The Morgan fingerprint density at radius 2 is 1.61 bits per heavy atom. The van der Waals surface area contributed by atoms with E-state index in [9.17, 15) is 9.59 Å². The van der Waals surface area contributed by atoms with Crippen LogP contribution in [0.5, 0.6) is 0 Å². The van der Waals surface area contributed by atoms with E-state index < -0.39 is 17.9 Å². The van der Waals surface area contributed by atoms with Crippen LogP contribution in [-0.2, 0) is 19.4 Å². The summed E-state index contributed by atoms with van der Waals surface area (Å²) in [5.74, 6) is -2.54. The number of carbonyl (C=O) groups excluding carboxylic acids is 2. The van der Waals surface area contributed by atoms with Crippen molar-refractivity contribution in [3.63, 3.8) is 0 Å². The van der Waals surface area contributed by atoms with E-state index in [1.807, 2.05) is 0 Å². The van der Waals surface area contributed by atoms with Gasteiger partial charge in [0, 0.05) is 0 Å². The molecule has 0 amide bonds. The van der Waals surface area contributed by atoms with Crippen LogP contribution in [-0.4, -0.2) is 22.5 Å². The van der Waals surface area contributed by atoms with Crippen molar-refractivity contribution < 1.29 is 29.9 Å². The van der Waals surface area contributed by atoms with Gasteiger partial charge < -0.3 is 9.78 Å². The summed E-state index contributed by atoms with van der Waals surface area (Å²) in [5.41, 5.74) is 0. The maximum Gasteiger partial charge on any atom is 0.345 e. The summed E-state index contributed by atoms with van der Waals surface area (Å²) in [6, 6.07) is 0. The van der Waals surface area contributed by atoms with Gasteiger partial charge in [-0.05, 0) is 6.42 Å². The first-order valence-corrected chi connectivity index (χ1v) is 6.35. The lowest BCUT2D eigenvalue weighted by molar-refractivity contribution is -0.245. The van der Waals surface area contributed by atoms with Gasteiger partial charge in [-0.1, -0.05) is 45.4 Å². The Morgan fingerprint density at radius 1 is 1.00 bits per heavy atom. The molecule has 2 N–H and O–H groups in total. The van der Waals surface area contributed by atoms with Crippen LogP contribution in [0.2, 0.25) is 0 Å². The van der Waals surface area contributed by atoms with Crippen molar-refractivity contribution in [2.45, 2.75) is 58.3 Å². The Hall–Kier alpha value is -1.14. The van der Waals surface area contributed by atoms with Gasteiger partial charge in [-0.15, -0.1) is 0 Å². The van der Waals surface area contributed by atoms with Crippen molar-refractivity contribution >= 4 is 11.9 Å². The third-order valence-corrected chi connectivity index (χ3v) is 2.84. The molecular weight excluding hydrogens is 240 g/mol. The minimum absolute atomic E-state index is 0.287. The fraction of sp³-hybridized carbons (Fsp3) is 0.833. The third kappa shape index (κ3) is 8.03. The number of carbonyl (C=O) groups is 2. The summed E-state index contributed by atoms with van der Waals surface area (Å²) in [4.78, 5) is 29.2. The molecule has 0 aromatic carbocycles. The van der Waals surface area contributed by atoms with Crippen LogP contribution in [0.3, 0.4) is 0 Å². The molecule has 0 radical (unpaired) electrons. The van der Waals surface area contributed by atoms with Gasteiger partial charge in [-0.3, -0.25) is 0 Å². The molecule has 6 nitrogen and oxygen atoms in total. The molecule has 0 spiro atoms. The molecule has 0 saturated heterocycles. The van der Waals surface area contributed by atoms with Crippen LogP contribution in [0.4, 0.5) is 0 Å². The molecule has 0 aromatic rings. The minimum Gasteiger partial charge on any atom is -0.301 e. The van der Waals surface area contributed by atoms with Gasteiger partial charge in [-0.25, -0.2) is 9.59 Å². The Kier molecular flexibility index (Phi) is 10.3. The van der Waals surface area contributed by atoms with E-state index in [2.05, 4.69) is 16.7 Å². The predicted octanol–water partition coefficient (Wildman–Crippen LogP) is 2.78. The van der Waals surface area contributed by atoms with Gasteiger partial charge in [0.2, 0.25) is 0 Å². The fourth-order valence-corrected chi connectivity index (χ4v) is 1.79. The van der Waals surface area contributed by atoms with Crippen LogP contribution in [0.15, 0.2) is 0 Å². The first-order valence-electron chi connectivity index (χ1n) is 6.35. The average Bonchev–Trinajstić information content (AvgIpc) is 2.40. The second-order valence-corrected chi connectivity index (χ2v) is 4.33. The van der Waals surface area contributed by atoms with E-state index in [4.69, 9.17) is 10.5 Å². The lowest BCUT2D eigenvalue weighted by Crippen LogP contribution is -2.20. The van der Waals surface area contributed by atoms with Crippen molar-refractivity contribution in [3.05, 3.63) is 0 Å². The smallest absolute Gasteiger partial charge is 0.301 e. The molecule has 0 aliphatic carbocycles. The summed E-state index contributed by atoms with van der Waals surface area (Å²) in [5, 5.41) is 16.4. The van der Waals surface area contributed by atoms with Crippen molar-refractivity contribution in [1.29, 1.82) is 0 Å². The average molecular weight is 262 g/mol. The van der Waals surface area contributed by atoms with E-state index in [0.717, 1.165) is 25.7 Å². The Bertz CT molecular complexity index is 241. The monoisotopic (exact) mass is 262 g/mol. The first kappa shape index (κ1) is 16.9. The largest absolute Gasteiger partial charge is 0.345 e. The van der Waals surface area contributed by atoms with E-state index in [1.165, 1.54) is 12.8 Å². The number of hydrogen-bond acceptors (Lipinski definition) is 6. The molecule has 0 fully saturated rings. The molecule has 1 unspecified atom stereocenters. The highest BCUT2D eigenvalue weighted by molar-refractivity contribution is 5.79. The Balaban J connectivity index is 3.87. The summed E-state index contributed by atoms with van der Waals surface area (Å²) in [7, 11) is 0. The zero-order chi connectivity index (χ0) is 13.8. The summed E-state index contributed by atoms with van der Waals surface area (Å²) in [6.45, 7) is 2.13. The van der Waals surface area contributed by atoms with Crippen molar-refractivity contribution in [1.82, 2.24) is 0 Å². The standard InChI is InChI=1S/C12H22O6/c1-2-3-4-5-6-7-8-10(12(14)18-16)9-11(13)17-15/h10,15-16H,2-9H2,1H3. The normalized spacial score (nSPS) is 11.9. The summed E-state index contributed by atoms with van der Waals surface area (Å²) >= 11 is 0. The van der Waals surface area contributed by atoms with E-state index in [1.54, 1.807) is 0 Å². The maximum atomic E-state index is 11.2. The van der Waals surface area contributed by atoms with Gasteiger partial charge in [-0.2, -0.15) is 10.5 Å². The van der Waals surface area contributed by atoms with Gasteiger partial charge >= 0.3 is 11.9 Å². The van der Waals surface area contributed by atoms with Crippen molar-refractivity contribution in [2.75, 3.05) is 0 Å². The quantitative estimate of drug-likeness (QED) is 0.357. The van der Waals surface area contributed by atoms with Crippen LogP contribution in [0.25, 0.3) is 0 Å². The SMILES string of the molecule is CCCCCCCCC(CC(=O)OO)C(=O)OO. The van der Waals surface area contributed by atoms with Crippen molar-refractivity contribution in [2.24, 2.45) is 5.92 Å². The van der Waals surface area contributed by atoms with Gasteiger partial charge in [0.1, 0.15) is 0 Å². The fourth-order valence-electron chi connectivity index (χ4n) is 1.79. The van der Waals surface area contributed by atoms with Gasteiger partial charge in [0.15, 0.2) is 0 Å². The zero-order valence-corrected chi connectivity index (χ0v) is 10.8. The molecule has 0 saturated carbocycles. The minimum atomic E-state index is -0.906. The number of unbranched alkanes of at least 4 members (excludes halogenated alkanes) is 5. The maximum absolute atomic E-state index is 11.2. The summed E-state index contributed by atoms with van der Waals surface area (Å²) < 4.78 is 0. The molecule has 0 rings (SSSR count). The Morgan fingerprint density at radius 3 is 2.17 bits per heavy atom. The van der Waals surface area contributed by atoms with Gasteiger partial charge in [0.05, 0.1) is 12.3 Å². The van der Waals surface area contributed by atoms with E-state index in [0.29, 0.717) is 6.42 Å². The molecule has 6 heteroatoms. The van der Waals surface area contributed by atoms with Crippen molar-refractivity contribution in [3.8, 4) is 0 Å². The van der Waals surface area contributed by atoms with Crippen LogP contribution in [0.1, 0.15) is 58.3 Å². The predicted molar refractivity (Wildman–Crippen MR) is 63.5 cm³/mol. The Labute approximate surface area is 107 Å². The molecule has 0 aliphatic rings. The molecule has 0 aromatic heterocycles. The molecule has 0 bridgehead atoms. The molecule has 0 aliphatic heterocycles. The van der Waals surface area contributed by atoms with Crippen LogP contribution in [0, 0.1) is 5.92 Å². The first-order chi connectivity index (χ1) is 8.65. The molecular formula is C12H22O6. The molecule has 106 valence electrons. The highest BCUT2D eigenvalue weighted by Gasteiger charge is 2.24. The lowest BCUT2D eigenvalue weighted by atomic mass is 9.97. The van der Waals surface area contributed by atoms with E-state index in [-0.39, 0.29) is 6.42 Å².